The summed E-state index contributed by atoms with van der Waals surface area (Å²) in [7, 11) is 0. The van der Waals surface area contributed by atoms with Gasteiger partial charge >= 0.3 is 0 Å². The molecule has 0 bridgehead atoms. The summed E-state index contributed by atoms with van der Waals surface area (Å²) in [5, 5.41) is 0.949. The number of nitrogens with one attached hydrogen (secondary N) is 1. The average molecular weight is 222 g/mol. The number of aromatic nitrogens is 1. The van der Waals surface area contributed by atoms with Crippen molar-refractivity contribution in [1.29, 1.82) is 0 Å². The van der Waals surface area contributed by atoms with Gasteiger partial charge in [-0.3, -0.25) is 4.79 Å². The molecule has 0 unspecified atom stereocenters. The van der Waals surface area contributed by atoms with E-state index in [9.17, 15) is 4.79 Å². The van der Waals surface area contributed by atoms with Crippen LogP contribution in [0.25, 0.3) is 10.9 Å². The minimum Gasteiger partial charge on any atom is -0.361 e. The number of hydrogen-bond acceptors (Lipinski definition) is 1. The monoisotopic (exact) mass is 222 g/mol. The summed E-state index contributed by atoms with van der Waals surface area (Å²) in [5.41, 5.74) is 2.13. The maximum Gasteiger partial charge on any atom is 0.193 e. The second kappa shape index (κ2) is 3.91. The Balaban J connectivity index is 2.06. The van der Waals surface area contributed by atoms with Gasteiger partial charge in [0, 0.05) is 22.8 Å². The number of rotatable bonds is 2. The van der Waals surface area contributed by atoms with Crippen molar-refractivity contribution < 1.29 is 6.17 Å². The lowest BCUT2D eigenvalue weighted by molar-refractivity contribution is 0.103. The zero-order valence-corrected chi connectivity index (χ0v) is 9.10. The van der Waals surface area contributed by atoms with Crippen LogP contribution in [0.2, 0.25) is 0 Å². The van der Waals surface area contributed by atoms with Gasteiger partial charge in [0.25, 0.3) is 0 Å². The number of aromatic amines is 1. The first-order valence-corrected chi connectivity index (χ1v) is 5.43. The Labute approximate surface area is 100 Å². The zero-order valence-electron chi connectivity index (χ0n) is 10.1. The van der Waals surface area contributed by atoms with E-state index in [1.807, 2.05) is 24.3 Å². The van der Waals surface area contributed by atoms with Crippen LogP contribution in [0.15, 0.2) is 60.8 Å². The van der Waals surface area contributed by atoms with Crippen LogP contribution in [-0.4, -0.2) is 10.8 Å². The molecule has 2 nitrogen and oxygen atoms in total. The number of carbonyl (C=O) groups is 1. The molecule has 3 aromatic rings. The molecular weight excluding hydrogens is 210 g/mol. The fourth-order valence-electron chi connectivity index (χ4n) is 1.88. The Hall–Kier alpha value is -2.35. The third-order valence-corrected chi connectivity index (χ3v) is 2.79. The Morgan fingerprint density at radius 3 is 2.65 bits per heavy atom. The van der Waals surface area contributed by atoms with Crippen molar-refractivity contribution in [1.82, 2.24) is 4.98 Å². The largest absolute Gasteiger partial charge is 0.361 e. The predicted molar refractivity (Wildman–Crippen MR) is 68.2 cm³/mol. The van der Waals surface area contributed by atoms with E-state index in [0.29, 0.717) is 17.3 Å². The number of H-pyrrole nitrogens is 1. The third-order valence-electron chi connectivity index (χ3n) is 2.79. The number of ketones is 1. The standard InChI is InChI=1S/C15H11NO/c17-15(12-4-2-1-3-5-12)13-7-6-11-8-9-16-14(11)10-13/h1-10,16H/i9D. The summed E-state index contributed by atoms with van der Waals surface area (Å²) in [6, 6.07) is 16.4. The molecule has 0 fully saturated rings. The van der Waals surface area contributed by atoms with E-state index in [1.54, 1.807) is 30.3 Å². The van der Waals surface area contributed by atoms with Crippen LogP contribution in [0, 0.1) is 0 Å². The van der Waals surface area contributed by atoms with Gasteiger partial charge in [-0.25, -0.2) is 0 Å². The first-order valence-electron chi connectivity index (χ1n) is 5.93. The molecule has 0 amide bonds. The molecule has 0 radical (unpaired) electrons. The summed E-state index contributed by atoms with van der Waals surface area (Å²) in [6.07, 6.45) is 0.356. The lowest BCUT2D eigenvalue weighted by atomic mass is 10.0. The van der Waals surface area contributed by atoms with Gasteiger partial charge in [0.15, 0.2) is 5.78 Å². The van der Waals surface area contributed by atoms with Gasteiger partial charge in [-0.2, -0.15) is 0 Å². The van der Waals surface area contributed by atoms with Crippen LogP contribution in [0.1, 0.15) is 17.3 Å². The van der Waals surface area contributed by atoms with Crippen molar-refractivity contribution in [2.24, 2.45) is 0 Å². The molecule has 0 saturated heterocycles. The van der Waals surface area contributed by atoms with Gasteiger partial charge in [0.1, 0.15) is 0 Å². The van der Waals surface area contributed by atoms with Crippen LogP contribution in [0.4, 0.5) is 0 Å². The number of benzene rings is 2. The maximum atomic E-state index is 12.2. The molecule has 2 aromatic carbocycles. The maximum absolute atomic E-state index is 12.2. The van der Waals surface area contributed by atoms with Gasteiger partial charge in [0.05, 0.1) is 1.37 Å². The predicted octanol–water partition coefficient (Wildman–Crippen LogP) is 3.40. The lowest BCUT2D eigenvalue weighted by Crippen LogP contribution is -2.00. The summed E-state index contributed by atoms with van der Waals surface area (Å²) >= 11 is 0. The molecule has 82 valence electrons. The van der Waals surface area contributed by atoms with Crippen molar-refractivity contribution in [3.8, 4) is 0 Å². The molecule has 1 aromatic heterocycles. The number of carbonyl (C=O) groups excluding carboxylic acids is 1. The minimum absolute atomic E-state index is 0.00127. The molecule has 1 heterocycles. The first-order chi connectivity index (χ1) is 8.74. The highest BCUT2D eigenvalue weighted by Gasteiger charge is 2.08. The Morgan fingerprint density at radius 2 is 1.82 bits per heavy atom. The van der Waals surface area contributed by atoms with Crippen molar-refractivity contribution in [2.45, 2.75) is 0 Å². The van der Waals surface area contributed by atoms with Crippen molar-refractivity contribution in [3.05, 3.63) is 71.9 Å². The first kappa shape index (κ1) is 8.76. The average Bonchev–Trinajstić information content (AvgIpc) is 2.78. The smallest absolute Gasteiger partial charge is 0.193 e. The molecule has 0 aliphatic carbocycles. The second-order valence-electron chi connectivity index (χ2n) is 3.91. The molecule has 0 aliphatic rings. The Bertz CT molecular complexity index is 716. The zero-order chi connectivity index (χ0) is 12.5. The van der Waals surface area contributed by atoms with E-state index in [4.69, 9.17) is 1.37 Å². The van der Waals surface area contributed by atoms with E-state index in [0.717, 1.165) is 10.9 Å². The van der Waals surface area contributed by atoms with E-state index >= 15 is 0 Å². The summed E-state index contributed by atoms with van der Waals surface area (Å²) in [5.74, 6) is -0.00127. The molecule has 2 heteroatoms. The van der Waals surface area contributed by atoms with Gasteiger partial charge < -0.3 is 4.98 Å². The Morgan fingerprint density at radius 1 is 1.00 bits per heavy atom. The highest BCUT2D eigenvalue weighted by Crippen LogP contribution is 2.16. The van der Waals surface area contributed by atoms with Gasteiger partial charge in [-0.15, -0.1) is 0 Å². The molecule has 3 rings (SSSR count). The molecular formula is C15H11NO. The van der Waals surface area contributed by atoms with Crippen molar-refractivity contribution in [3.63, 3.8) is 0 Å². The normalized spacial score (nSPS) is 11.4. The second-order valence-corrected chi connectivity index (χ2v) is 3.91. The lowest BCUT2D eigenvalue weighted by Gasteiger charge is -2.01. The van der Waals surface area contributed by atoms with E-state index < -0.39 is 0 Å². The van der Waals surface area contributed by atoms with Gasteiger partial charge in [0.2, 0.25) is 0 Å². The van der Waals surface area contributed by atoms with Crippen molar-refractivity contribution >= 4 is 16.7 Å². The van der Waals surface area contributed by atoms with Crippen LogP contribution < -0.4 is 0 Å². The SMILES string of the molecule is [2H]c1cc2ccc(C(=O)c3ccccc3)cc2[nH]1. The third kappa shape index (κ3) is 1.74. The molecule has 17 heavy (non-hydrogen) atoms. The highest BCUT2D eigenvalue weighted by molar-refractivity contribution is 6.10. The fraction of sp³-hybridized carbons (Fsp3) is 0. The van der Waals surface area contributed by atoms with Crippen LogP contribution in [0.5, 0.6) is 0 Å². The molecule has 0 saturated carbocycles. The topological polar surface area (TPSA) is 32.9 Å². The van der Waals surface area contributed by atoms with Crippen LogP contribution in [-0.2, 0) is 0 Å². The van der Waals surface area contributed by atoms with Crippen LogP contribution in [0.3, 0.4) is 0 Å². The van der Waals surface area contributed by atoms with Crippen molar-refractivity contribution in [2.75, 3.05) is 0 Å². The molecule has 1 N–H and O–H groups in total. The molecule has 0 spiro atoms. The van der Waals surface area contributed by atoms with Gasteiger partial charge in [-0.1, -0.05) is 42.5 Å². The Kier molecular flexibility index (Phi) is 2.01. The number of fused-ring (bicyclic) bond motifs is 1. The van der Waals surface area contributed by atoms with E-state index in [2.05, 4.69) is 4.98 Å². The van der Waals surface area contributed by atoms with E-state index in [-0.39, 0.29) is 5.78 Å². The fourth-order valence-corrected chi connectivity index (χ4v) is 1.88. The van der Waals surface area contributed by atoms with Gasteiger partial charge in [-0.05, 0) is 17.5 Å². The van der Waals surface area contributed by atoms with E-state index in [1.165, 1.54) is 0 Å². The summed E-state index contributed by atoms with van der Waals surface area (Å²) in [4.78, 5) is 15.2. The summed E-state index contributed by atoms with van der Waals surface area (Å²) in [6.45, 7) is 0. The molecule has 0 aliphatic heterocycles. The van der Waals surface area contributed by atoms with Crippen LogP contribution >= 0.6 is 0 Å². The quantitative estimate of drug-likeness (QED) is 0.662. The molecule has 0 atom stereocenters. The number of hydrogen-bond donors (Lipinski definition) is 1. The highest BCUT2D eigenvalue weighted by atomic mass is 16.1. The summed E-state index contributed by atoms with van der Waals surface area (Å²) < 4.78 is 7.52. The minimum atomic E-state index is -0.00127.